The SMILES string of the molecule is CC.Nc1nc(-n2cccn2)nc2c1[nH]c(=O)n2Cc1cccc(CO)c1. The summed E-state index contributed by atoms with van der Waals surface area (Å²) < 4.78 is 2.96. The molecule has 1 aromatic carbocycles. The number of anilines is 1. The number of nitrogens with zero attached hydrogens (tertiary/aromatic N) is 5. The van der Waals surface area contributed by atoms with Gasteiger partial charge in [0.25, 0.3) is 5.95 Å². The Bertz CT molecular complexity index is 1100. The summed E-state index contributed by atoms with van der Waals surface area (Å²) in [6.45, 7) is 4.23. The van der Waals surface area contributed by atoms with Crippen LogP contribution in [0.1, 0.15) is 25.0 Å². The summed E-state index contributed by atoms with van der Waals surface area (Å²) >= 11 is 0. The Balaban J connectivity index is 0.00000102. The van der Waals surface area contributed by atoms with Gasteiger partial charge in [-0.1, -0.05) is 38.1 Å². The molecule has 3 heterocycles. The topological polar surface area (TPSA) is 128 Å². The zero-order valence-corrected chi connectivity index (χ0v) is 15.1. The van der Waals surface area contributed by atoms with Gasteiger partial charge in [0.05, 0.1) is 13.2 Å². The van der Waals surface area contributed by atoms with Crippen LogP contribution in [0.15, 0.2) is 47.5 Å². The van der Waals surface area contributed by atoms with Crippen LogP contribution in [0.4, 0.5) is 5.82 Å². The molecule has 9 nitrogen and oxygen atoms in total. The number of fused-ring (bicyclic) bond motifs is 1. The summed E-state index contributed by atoms with van der Waals surface area (Å²) in [5.74, 6) is 0.460. The van der Waals surface area contributed by atoms with Crippen LogP contribution in [0.2, 0.25) is 0 Å². The number of aliphatic hydroxyl groups is 1. The molecule has 3 aromatic heterocycles. The zero-order chi connectivity index (χ0) is 19.4. The van der Waals surface area contributed by atoms with Gasteiger partial charge in [-0.2, -0.15) is 15.1 Å². The number of hydrogen-bond donors (Lipinski definition) is 3. The molecule has 140 valence electrons. The van der Waals surface area contributed by atoms with Crippen molar-refractivity contribution in [2.24, 2.45) is 0 Å². The van der Waals surface area contributed by atoms with E-state index in [1.807, 2.05) is 38.1 Å². The molecular weight excluding hydrogens is 346 g/mol. The smallest absolute Gasteiger partial charge is 0.328 e. The molecular formula is C18H21N7O2. The van der Waals surface area contributed by atoms with Crippen LogP contribution in [-0.4, -0.2) is 34.4 Å². The lowest BCUT2D eigenvalue weighted by atomic mass is 10.1. The quantitative estimate of drug-likeness (QED) is 0.501. The van der Waals surface area contributed by atoms with Gasteiger partial charge < -0.3 is 15.8 Å². The van der Waals surface area contributed by atoms with Gasteiger partial charge in [0.2, 0.25) is 0 Å². The minimum absolute atomic E-state index is 0.0603. The Kier molecular flexibility index (Phi) is 5.32. The second-order valence-corrected chi connectivity index (χ2v) is 5.55. The highest BCUT2D eigenvalue weighted by molar-refractivity contribution is 5.82. The van der Waals surface area contributed by atoms with Gasteiger partial charge in [0, 0.05) is 12.4 Å². The largest absolute Gasteiger partial charge is 0.392 e. The number of H-pyrrole nitrogens is 1. The molecule has 4 N–H and O–H groups in total. The van der Waals surface area contributed by atoms with Gasteiger partial charge in [-0.05, 0) is 17.2 Å². The fourth-order valence-corrected chi connectivity index (χ4v) is 2.68. The van der Waals surface area contributed by atoms with E-state index in [0.717, 1.165) is 11.1 Å². The first-order valence-electron chi connectivity index (χ1n) is 8.60. The van der Waals surface area contributed by atoms with E-state index in [0.29, 0.717) is 17.7 Å². The maximum Gasteiger partial charge on any atom is 0.328 e. The van der Waals surface area contributed by atoms with Crippen molar-refractivity contribution in [3.63, 3.8) is 0 Å². The molecule has 0 aliphatic carbocycles. The molecule has 27 heavy (non-hydrogen) atoms. The highest BCUT2D eigenvalue weighted by atomic mass is 16.3. The Morgan fingerprint density at radius 3 is 2.67 bits per heavy atom. The number of hydrogen-bond acceptors (Lipinski definition) is 6. The van der Waals surface area contributed by atoms with Gasteiger partial charge in [-0.3, -0.25) is 4.57 Å². The zero-order valence-electron chi connectivity index (χ0n) is 15.1. The summed E-state index contributed by atoms with van der Waals surface area (Å²) in [4.78, 5) is 23.7. The molecule has 0 atom stereocenters. The predicted octanol–water partition coefficient (Wildman–Crippen LogP) is 1.45. The van der Waals surface area contributed by atoms with Crippen LogP contribution in [0, 0.1) is 0 Å². The van der Waals surface area contributed by atoms with E-state index in [4.69, 9.17) is 5.73 Å². The fourth-order valence-electron chi connectivity index (χ4n) is 2.68. The Hall–Kier alpha value is -3.46. The van der Waals surface area contributed by atoms with Gasteiger partial charge in [-0.25, -0.2) is 9.48 Å². The van der Waals surface area contributed by atoms with E-state index in [1.165, 1.54) is 9.25 Å². The standard InChI is InChI=1S/C16H15N7O2.C2H6/c17-13-12-14(21-15(20-13)23-6-2-5-18-23)22(16(25)19-12)8-10-3-1-4-11(7-10)9-24;1-2/h1-7,24H,8-9H2,(H,19,25)(H2,17,20,21);1-2H3. The van der Waals surface area contributed by atoms with Crippen LogP contribution in [0.3, 0.4) is 0 Å². The molecule has 0 fully saturated rings. The molecule has 0 aliphatic rings. The molecule has 0 radical (unpaired) electrons. The number of benzene rings is 1. The Morgan fingerprint density at radius 1 is 1.19 bits per heavy atom. The highest BCUT2D eigenvalue weighted by Crippen LogP contribution is 2.17. The number of nitrogen functional groups attached to an aromatic ring is 1. The normalized spacial score (nSPS) is 10.6. The summed E-state index contributed by atoms with van der Waals surface area (Å²) in [7, 11) is 0. The van der Waals surface area contributed by atoms with Crippen LogP contribution in [0.5, 0.6) is 0 Å². The summed E-state index contributed by atoms with van der Waals surface area (Å²) in [5.41, 5.74) is 8.08. The van der Waals surface area contributed by atoms with E-state index < -0.39 is 0 Å². The number of aromatic amines is 1. The van der Waals surface area contributed by atoms with E-state index in [2.05, 4.69) is 20.1 Å². The lowest BCUT2D eigenvalue weighted by molar-refractivity contribution is 0.281. The van der Waals surface area contributed by atoms with Gasteiger partial charge in [0.15, 0.2) is 11.5 Å². The molecule has 0 amide bonds. The van der Waals surface area contributed by atoms with Gasteiger partial charge in [0.1, 0.15) is 5.52 Å². The molecule has 0 spiro atoms. The lowest BCUT2D eigenvalue weighted by Crippen LogP contribution is -2.18. The second-order valence-electron chi connectivity index (χ2n) is 5.55. The first kappa shape index (κ1) is 18.3. The summed E-state index contributed by atoms with van der Waals surface area (Å²) in [6.07, 6.45) is 3.30. The highest BCUT2D eigenvalue weighted by Gasteiger charge is 2.15. The molecule has 0 bridgehead atoms. The van der Waals surface area contributed by atoms with Crippen LogP contribution >= 0.6 is 0 Å². The first-order chi connectivity index (χ1) is 13.2. The molecule has 4 aromatic rings. The molecule has 0 saturated heterocycles. The third-order valence-corrected chi connectivity index (χ3v) is 3.86. The second kappa shape index (κ2) is 7.83. The molecule has 0 unspecified atom stereocenters. The maximum atomic E-state index is 12.4. The third kappa shape index (κ3) is 3.58. The van der Waals surface area contributed by atoms with Crippen LogP contribution in [-0.2, 0) is 13.2 Å². The minimum Gasteiger partial charge on any atom is -0.392 e. The molecule has 4 rings (SSSR count). The average Bonchev–Trinajstić information content (AvgIpc) is 3.33. The van der Waals surface area contributed by atoms with E-state index in [-0.39, 0.29) is 24.1 Å². The van der Waals surface area contributed by atoms with Crippen molar-refractivity contribution >= 4 is 17.0 Å². The summed E-state index contributed by atoms with van der Waals surface area (Å²) in [5, 5.41) is 13.4. The minimum atomic E-state index is -0.331. The Morgan fingerprint density at radius 2 is 1.96 bits per heavy atom. The predicted molar refractivity (Wildman–Crippen MR) is 102 cm³/mol. The van der Waals surface area contributed by atoms with Crippen molar-refractivity contribution in [1.82, 2.24) is 29.3 Å². The number of aromatic nitrogens is 6. The van der Waals surface area contributed by atoms with Crippen molar-refractivity contribution in [3.05, 3.63) is 64.3 Å². The maximum absolute atomic E-state index is 12.4. The molecule has 0 aliphatic heterocycles. The van der Waals surface area contributed by atoms with Crippen LogP contribution < -0.4 is 11.4 Å². The van der Waals surface area contributed by atoms with E-state index >= 15 is 0 Å². The number of rotatable bonds is 4. The third-order valence-electron chi connectivity index (χ3n) is 3.86. The number of imidazole rings is 1. The molecule has 0 saturated carbocycles. The fraction of sp³-hybridized carbons (Fsp3) is 0.222. The number of nitrogens with one attached hydrogen (secondary N) is 1. The Labute approximate surface area is 155 Å². The van der Waals surface area contributed by atoms with Crippen molar-refractivity contribution in [2.75, 3.05) is 5.73 Å². The number of nitrogens with two attached hydrogens (primary N) is 1. The van der Waals surface area contributed by atoms with Crippen molar-refractivity contribution in [3.8, 4) is 5.95 Å². The van der Waals surface area contributed by atoms with E-state index in [9.17, 15) is 9.90 Å². The van der Waals surface area contributed by atoms with Crippen molar-refractivity contribution in [2.45, 2.75) is 27.0 Å². The van der Waals surface area contributed by atoms with Crippen molar-refractivity contribution in [1.29, 1.82) is 0 Å². The van der Waals surface area contributed by atoms with Gasteiger partial charge in [-0.15, -0.1) is 0 Å². The van der Waals surface area contributed by atoms with Gasteiger partial charge >= 0.3 is 5.69 Å². The monoisotopic (exact) mass is 367 g/mol. The van der Waals surface area contributed by atoms with E-state index in [1.54, 1.807) is 18.5 Å². The first-order valence-corrected chi connectivity index (χ1v) is 8.60. The molecule has 9 heteroatoms. The lowest BCUT2D eigenvalue weighted by Gasteiger charge is -2.06. The average molecular weight is 367 g/mol. The summed E-state index contributed by atoms with van der Waals surface area (Å²) in [6, 6.07) is 9.11. The van der Waals surface area contributed by atoms with Crippen LogP contribution in [0.25, 0.3) is 17.1 Å². The van der Waals surface area contributed by atoms with Crippen molar-refractivity contribution < 1.29 is 5.11 Å². The number of aliphatic hydroxyl groups excluding tert-OH is 1.